The zero-order valence-corrected chi connectivity index (χ0v) is 21.1. The Bertz CT molecular complexity index is 816. The molecule has 0 heterocycles. The lowest BCUT2D eigenvalue weighted by Crippen LogP contribution is -2.44. The average molecular weight is 493 g/mol. The molecule has 2 amide bonds. The molecule has 0 aromatic heterocycles. The molecule has 0 saturated heterocycles. The van der Waals surface area contributed by atoms with Crippen molar-refractivity contribution in [2.45, 2.75) is 96.6 Å². The number of hydrogen-bond acceptors (Lipinski definition) is 6. The van der Waals surface area contributed by atoms with Gasteiger partial charge in [0.25, 0.3) is 0 Å². The molecule has 0 spiro atoms. The number of carbonyl (C=O) groups is 4. The molecular weight excluding hydrogens is 452 g/mol. The van der Waals surface area contributed by atoms with Crippen LogP contribution in [0.1, 0.15) is 95.3 Å². The lowest BCUT2D eigenvalue weighted by Gasteiger charge is -2.19. The summed E-state index contributed by atoms with van der Waals surface area (Å²) in [7, 11) is 0. The van der Waals surface area contributed by atoms with Crippen LogP contribution in [-0.4, -0.2) is 47.1 Å². The lowest BCUT2D eigenvalue weighted by molar-refractivity contribution is -0.137. The van der Waals surface area contributed by atoms with Gasteiger partial charge in [-0.2, -0.15) is 0 Å². The Morgan fingerprint density at radius 1 is 0.914 bits per heavy atom. The number of aliphatic carboxylic acids is 1. The van der Waals surface area contributed by atoms with Crippen molar-refractivity contribution < 1.29 is 33.8 Å². The second-order valence-corrected chi connectivity index (χ2v) is 9.55. The van der Waals surface area contributed by atoms with E-state index in [1.165, 1.54) is 0 Å². The summed E-state index contributed by atoms with van der Waals surface area (Å²) in [4.78, 5) is 45.9. The van der Waals surface area contributed by atoms with Crippen molar-refractivity contribution in [2.75, 3.05) is 6.61 Å². The van der Waals surface area contributed by atoms with Crippen molar-refractivity contribution >= 4 is 23.8 Å². The van der Waals surface area contributed by atoms with Crippen LogP contribution < -0.4 is 15.8 Å². The fourth-order valence-corrected chi connectivity index (χ4v) is 3.31. The van der Waals surface area contributed by atoms with E-state index in [4.69, 9.17) is 20.3 Å². The molecule has 0 aliphatic carbocycles. The van der Waals surface area contributed by atoms with Gasteiger partial charge in [0.05, 0.1) is 12.2 Å². The normalized spacial score (nSPS) is 12.0. The Morgan fingerprint density at radius 3 is 2.03 bits per heavy atom. The molecule has 1 aromatic carbocycles. The highest BCUT2D eigenvalue weighted by Gasteiger charge is 2.19. The molecule has 9 heteroatoms. The first-order valence-corrected chi connectivity index (χ1v) is 12.2. The number of carboxylic acid groups (broad SMARTS) is 1. The van der Waals surface area contributed by atoms with E-state index >= 15 is 0 Å². The molecule has 0 aliphatic heterocycles. The maximum Gasteiger partial charge on any atom is 0.338 e. The number of hydrogen-bond donors (Lipinski definition) is 3. The topological polar surface area (TPSA) is 145 Å². The third kappa shape index (κ3) is 14.7. The number of rotatable bonds is 17. The first kappa shape index (κ1) is 29.9. The van der Waals surface area contributed by atoms with Crippen molar-refractivity contribution in [2.24, 2.45) is 5.73 Å². The number of nitrogens with two attached hydrogens (primary N) is 1. The fourth-order valence-electron chi connectivity index (χ4n) is 3.31. The molecule has 9 nitrogen and oxygen atoms in total. The van der Waals surface area contributed by atoms with Crippen LogP contribution in [0, 0.1) is 0 Å². The molecule has 1 aromatic rings. The molecule has 0 radical (unpaired) electrons. The molecule has 0 saturated carbocycles. The van der Waals surface area contributed by atoms with E-state index in [0.29, 0.717) is 18.6 Å². The van der Waals surface area contributed by atoms with E-state index in [1.54, 1.807) is 24.3 Å². The van der Waals surface area contributed by atoms with Gasteiger partial charge in [-0.25, -0.2) is 4.79 Å². The Labute approximate surface area is 207 Å². The number of primary amides is 1. The first-order chi connectivity index (χ1) is 16.5. The van der Waals surface area contributed by atoms with Gasteiger partial charge >= 0.3 is 11.9 Å². The maximum atomic E-state index is 12.0. The summed E-state index contributed by atoms with van der Waals surface area (Å²) in [5.41, 5.74) is 5.18. The van der Waals surface area contributed by atoms with E-state index in [0.717, 1.165) is 44.3 Å². The van der Waals surface area contributed by atoms with Gasteiger partial charge in [0, 0.05) is 12.8 Å². The minimum Gasteiger partial charge on any atom is -0.494 e. The fraction of sp³-hybridized carbons (Fsp3) is 0.615. The van der Waals surface area contributed by atoms with E-state index < -0.39 is 23.5 Å². The Kier molecular flexibility index (Phi) is 13.5. The standard InChI is InChI=1S/C26H40N2O7/c1-26(2,3)35-25(33)19-12-14-20(15-13-19)34-18-10-8-6-4-5-7-9-11-22(29)28-21(24(27)32)16-17-23(30)31/h12-15,21H,4-11,16-18H2,1-3H3,(H2,27,32)(H,28,29)(H,30,31). The molecule has 1 unspecified atom stereocenters. The Morgan fingerprint density at radius 2 is 1.49 bits per heavy atom. The maximum absolute atomic E-state index is 12.0. The summed E-state index contributed by atoms with van der Waals surface area (Å²) in [6, 6.07) is 6.01. The van der Waals surface area contributed by atoms with Crippen molar-refractivity contribution in [3.8, 4) is 5.75 Å². The molecule has 0 aliphatic rings. The monoisotopic (exact) mass is 492 g/mol. The molecule has 35 heavy (non-hydrogen) atoms. The second kappa shape index (κ2) is 15.7. The van der Waals surface area contributed by atoms with E-state index in [-0.39, 0.29) is 31.1 Å². The van der Waals surface area contributed by atoms with Crippen molar-refractivity contribution in [3.63, 3.8) is 0 Å². The van der Waals surface area contributed by atoms with Gasteiger partial charge < -0.3 is 25.6 Å². The average Bonchev–Trinajstić information content (AvgIpc) is 2.76. The first-order valence-electron chi connectivity index (χ1n) is 12.2. The molecule has 4 N–H and O–H groups in total. The zero-order valence-electron chi connectivity index (χ0n) is 21.1. The summed E-state index contributed by atoms with van der Waals surface area (Å²) >= 11 is 0. The molecular formula is C26H40N2O7. The summed E-state index contributed by atoms with van der Waals surface area (Å²) in [5.74, 6) is -1.67. The SMILES string of the molecule is CC(C)(C)OC(=O)c1ccc(OCCCCCCCCCC(=O)NC(CCC(=O)O)C(N)=O)cc1. The molecule has 1 rings (SSSR count). The lowest BCUT2D eigenvalue weighted by atomic mass is 10.1. The van der Waals surface area contributed by atoms with Gasteiger partial charge in [0.15, 0.2) is 0 Å². The van der Waals surface area contributed by atoms with Gasteiger partial charge in [0.2, 0.25) is 11.8 Å². The Hall–Kier alpha value is -3.10. The van der Waals surface area contributed by atoms with Crippen molar-refractivity contribution in [3.05, 3.63) is 29.8 Å². The van der Waals surface area contributed by atoms with E-state index in [2.05, 4.69) is 5.32 Å². The van der Waals surface area contributed by atoms with Crippen LogP contribution in [0.2, 0.25) is 0 Å². The van der Waals surface area contributed by atoms with Gasteiger partial charge in [-0.15, -0.1) is 0 Å². The number of ether oxygens (including phenoxy) is 2. The van der Waals surface area contributed by atoms with Gasteiger partial charge in [-0.1, -0.05) is 32.1 Å². The van der Waals surface area contributed by atoms with Crippen molar-refractivity contribution in [1.29, 1.82) is 0 Å². The van der Waals surface area contributed by atoms with E-state index in [1.807, 2.05) is 20.8 Å². The third-order valence-corrected chi connectivity index (χ3v) is 5.13. The summed E-state index contributed by atoms with van der Waals surface area (Å²) in [6.45, 7) is 6.10. The quantitative estimate of drug-likeness (QED) is 0.220. The summed E-state index contributed by atoms with van der Waals surface area (Å²) < 4.78 is 11.1. The van der Waals surface area contributed by atoms with Crippen LogP contribution in [0.25, 0.3) is 0 Å². The minimum atomic E-state index is -1.04. The summed E-state index contributed by atoms with van der Waals surface area (Å²) in [6.07, 6.45) is 6.80. The summed E-state index contributed by atoms with van der Waals surface area (Å²) in [5, 5.41) is 11.2. The van der Waals surface area contributed by atoms with Crippen LogP contribution in [-0.2, 0) is 19.1 Å². The zero-order chi connectivity index (χ0) is 26.3. The highest BCUT2D eigenvalue weighted by atomic mass is 16.6. The van der Waals surface area contributed by atoms with Crippen molar-refractivity contribution in [1.82, 2.24) is 5.32 Å². The molecule has 0 fully saturated rings. The largest absolute Gasteiger partial charge is 0.494 e. The predicted molar refractivity (Wildman–Crippen MR) is 132 cm³/mol. The number of carbonyl (C=O) groups excluding carboxylic acids is 3. The van der Waals surface area contributed by atoms with Gasteiger partial charge in [0.1, 0.15) is 17.4 Å². The van der Waals surface area contributed by atoms with Crippen LogP contribution in [0.3, 0.4) is 0 Å². The highest BCUT2D eigenvalue weighted by molar-refractivity contribution is 5.89. The molecule has 196 valence electrons. The number of esters is 1. The van der Waals surface area contributed by atoms with E-state index in [9.17, 15) is 19.2 Å². The third-order valence-electron chi connectivity index (χ3n) is 5.13. The number of amides is 2. The van der Waals surface area contributed by atoms with Crippen LogP contribution in [0.5, 0.6) is 5.75 Å². The van der Waals surface area contributed by atoms with Crippen LogP contribution in [0.4, 0.5) is 0 Å². The minimum absolute atomic E-state index is 0.00247. The predicted octanol–water partition coefficient (Wildman–Crippen LogP) is 3.98. The second-order valence-electron chi connectivity index (χ2n) is 9.55. The smallest absolute Gasteiger partial charge is 0.338 e. The molecule has 1 atom stereocenters. The van der Waals surface area contributed by atoms with Crippen LogP contribution in [0.15, 0.2) is 24.3 Å². The number of nitrogens with one attached hydrogen (secondary N) is 1. The number of benzene rings is 1. The van der Waals surface area contributed by atoms with Gasteiger partial charge in [-0.05, 0) is 64.3 Å². The van der Waals surface area contributed by atoms with Gasteiger partial charge in [-0.3, -0.25) is 14.4 Å². The Balaban J connectivity index is 2.08. The number of unbranched alkanes of at least 4 members (excludes halogenated alkanes) is 6. The number of carboxylic acids is 1. The molecule has 0 bridgehead atoms. The highest BCUT2D eigenvalue weighted by Crippen LogP contribution is 2.17. The van der Waals surface area contributed by atoms with Crippen LogP contribution >= 0.6 is 0 Å².